The summed E-state index contributed by atoms with van der Waals surface area (Å²) in [5.41, 5.74) is 1.01. The van der Waals surface area contributed by atoms with Gasteiger partial charge in [0, 0.05) is 24.6 Å². The molecule has 2 aromatic rings. The van der Waals surface area contributed by atoms with Crippen molar-refractivity contribution in [1.82, 2.24) is 19.3 Å². The second-order valence-corrected chi connectivity index (χ2v) is 4.29. The number of aryl methyl sites for hydroxylation is 3. The summed E-state index contributed by atoms with van der Waals surface area (Å²) in [7, 11) is 0. The average molecular weight is 283 g/mol. The minimum absolute atomic E-state index is 0.0696. The van der Waals surface area contributed by atoms with Gasteiger partial charge >= 0.3 is 0 Å². The molecule has 2 aromatic heterocycles. The van der Waals surface area contributed by atoms with E-state index in [2.05, 4.69) is 26.0 Å². The van der Waals surface area contributed by atoms with Crippen LogP contribution in [0.1, 0.15) is 5.69 Å². The summed E-state index contributed by atoms with van der Waals surface area (Å²) >= 11 is 3.16. The number of aromatic nitrogens is 4. The molecule has 0 aromatic carbocycles. The van der Waals surface area contributed by atoms with Gasteiger partial charge in [0.15, 0.2) is 0 Å². The summed E-state index contributed by atoms with van der Waals surface area (Å²) in [5.74, 6) is 0. The molecule has 0 atom stereocenters. The molecule has 0 unspecified atom stereocenters. The molecular formula is C10H11BrN4O. The quantitative estimate of drug-likeness (QED) is 0.850. The first-order valence-electron chi connectivity index (χ1n) is 4.87. The van der Waals surface area contributed by atoms with Gasteiger partial charge in [-0.3, -0.25) is 14.0 Å². The molecule has 0 aliphatic rings. The normalized spacial score (nSPS) is 10.6. The van der Waals surface area contributed by atoms with Crippen molar-refractivity contribution in [3.05, 3.63) is 45.3 Å². The Morgan fingerprint density at radius 2 is 2.25 bits per heavy atom. The highest BCUT2D eigenvalue weighted by Crippen LogP contribution is 1.99. The Kier molecular flexibility index (Phi) is 3.19. The molecule has 0 N–H and O–H groups in total. The maximum absolute atomic E-state index is 11.7. The third-order valence-corrected chi connectivity index (χ3v) is 2.88. The highest BCUT2D eigenvalue weighted by molar-refractivity contribution is 9.10. The van der Waals surface area contributed by atoms with E-state index in [4.69, 9.17) is 0 Å². The predicted molar refractivity (Wildman–Crippen MR) is 63.2 cm³/mol. The smallest absolute Gasteiger partial charge is 0.267 e. The number of hydrogen-bond acceptors (Lipinski definition) is 3. The molecule has 0 radical (unpaired) electrons. The monoisotopic (exact) mass is 282 g/mol. The number of hydrogen-bond donors (Lipinski definition) is 0. The van der Waals surface area contributed by atoms with E-state index in [1.807, 2.05) is 17.7 Å². The zero-order valence-corrected chi connectivity index (χ0v) is 10.4. The molecule has 0 saturated carbocycles. The predicted octanol–water partition coefficient (Wildman–Crippen LogP) is 1.21. The molecular weight excluding hydrogens is 272 g/mol. The topological polar surface area (TPSA) is 52.7 Å². The molecule has 2 rings (SSSR count). The van der Waals surface area contributed by atoms with Crippen LogP contribution in [0.15, 0.2) is 34.1 Å². The fourth-order valence-electron chi connectivity index (χ4n) is 1.42. The van der Waals surface area contributed by atoms with Crippen LogP contribution in [-0.2, 0) is 13.1 Å². The molecule has 2 heterocycles. The van der Waals surface area contributed by atoms with Crippen LogP contribution < -0.4 is 5.56 Å². The highest BCUT2D eigenvalue weighted by Gasteiger charge is 2.02. The largest absolute Gasteiger partial charge is 0.296 e. The standard InChI is InChI=1S/C10H11BrN4O/c1-8-2-3-13-15(8)5-4-14-7-12-6-9(11)10(14)16/h2-3,6-7H,4-5H2,1H3. The Balaban J connectivity index is 2.14. The number of halogens is 1. The van der Waals surface area contributed by atoms with E-state index in [1.54, 1.807) is 10.8 Å². The van der Waals surface area contributed by atoms with Crippen molar-refractivity contribution in [2.45, 2.75) is 20.0 Å². The van der Waals surface area contributed by atoms with Crippen molar-refractivity contribution in [1.29, 1.82) is 0 Å². The summed E-state index contributed by atoms with van der Waals surface area (Å²) in [6.07, 6.45) is 4.78. The van der Waals surface area contributed by atoms with E-state index in [9.17, 15) is 4.79 Å². The number of rotatable bonds is 3. The van der Waals surface area contributed by atoms with Crippen molar-refractivity contribution in [3.63, 3.8) is 0 Å². The second kappa shape index (κ2) is 4.61. The van der Waals surface area contributed by atoms with Crippen molar-refractivity contribution in [2.75, 3.05) is 0 Å². The lowest BCUT2D eigenvalue weighted by Crippen LogP contribution is -2.23. The minimum Gasteiger partial charge on any atom is -0.296 e. The fraction of sp³-hybridized carbons (Fsp3) is 0.300. The van der Waals surface area contributed by atoms with Crippen molar-refractivity contribution < 1.29 is 0 Å². The maximum Gasteiger partial charge on any atom is 0.267 e. The van der Waals surface area contributed by atoms with Crippen LogP contribution in [0.5, 0.6) is 0 Å². The van der Waals surface area contributed by atoms with E-state index in [-0.39, 0.29) is 5.56 Å². The van der Waals surface area contributed by atoms with E-state index in [0.29, 0.717) is 17.6 Å². The van der Waals surface area contributed by atoms with E-state index >= 15 is 0 Å². The second-order valence-electron chi connectivity index (χ2n) is 3.44. The Morgan fingerprint density at radius 3 is 2.94 bits per heavy atom. The lowest BCUT2D eigenvalue weighted by Gasteiger charge is -2.06. The molecule has 0 saturated heterocycles. The van der Waals surface area contributed by atoms with Gasteiger partial charge in [-0.25, -0.2) is 4.98 Å². The lowest BCUT2D eigenvalue weighted by atomic mass is 10.5. The molecule has 0 aliphatic carbocycles. The first-order chi connectivity index (χ1) is 7.68. The first-order valence-corrected chi connectivity index (χ1v) is 5.66. The Hall–Kier alpha value is -1.43. The SMILES string of the molecule is Cc1ccnn1CCn1cncc(Br)c1=O. The molecule has 0 amide bonds. The third-order valence-electron chi connectivity index (χ3n) is 2.34. The van der Waals surface area contributed by atoms with Crippen LogP contribution >= 0.6 is 15.9 Å². The molecule has 0 fully saturated rings. The van der Waals surface area contributed by atoms with Crippen LogP contribution in [-0.4, -0.2) is 19.3 Å². The van der Waals surface area contributed by atoms with Crippen LogP contribution in [0.4, 0.5) is 0 Å². The average Bonchev–Trinajstić information content (AvgIpc) is 2.67. The molecule has 0 bridgehead atoms. The van der Waals surface area contributed by atoms with Gasteiger partial charge in [-0.05, 0) is 28.9 Å². The van der Waals surface area contributed by atoms with Crippen molar-refractivity contribution in [3.8, 4) is 0 Å². The maximum atomic E-state index is 11.7. The Bertz CT molecular complexity index is 546. The summed E-state index contributed by atoms with van der Waals surface area (Å²) in [5, 5.41) is 4.15. The van der Waals surface area contributed by atoms with Crippen LogP contribution in [0.3, 0.4) is 0 Å². The van der Waals surface area contributed by atoms with Gasteiger partial charge in [0.2, 0.25) is 0 Å². The zero-order chi connectivity index (χ0) is 11.5. The Labute approximate surface area is 101 Å². The van der Waals surface area contributed by atoms with Gasteiger partial charge in [0.25, 0.3) is 5.56 Å². The zero-order valence-electron chi connectivity index (χ0n) is 8.80. The van der Waals surface area contributed by atoms with E-state index in [1.165, 1.54) is 12.5 Å². The van der Waals surface area contributed by atoms with Gasteiger partial charge in [0.1, 0.15) is 4.47 Å². The number of nitrogens with zero attached hydrogens (tertiary/aromatic N) is 4. The van der Waals surface area contributed by atoms with Gasteiger partial charge in [-0.2, -0.15) is 5.10 Å². The van der Waals surface area contributed by atoms with Crippen LogP contribution in [0.2, 0.25) is 0 Å². The van der Waals surface area contributed by atoms with Gasteiger partial charge in [0.05, 0.1) is 12.9 Å². The lowest BCUT2D eigenvalue weighted by molar-refractivity contribution is 0.509. The summed E-state index contributed by atoms with van der Waals surface area (Å²) in [6.45, 7) is 3.21. The Morgan fingerprint density at radius 1 is 1.44 bits per heavy atom. The van der Waals surface area contributed by atoms with Gasteiger partial charge in [-0.15, -0.1) is 0 Å². The molecule has 0 aliphatic heterocycles. The molecule has 6 heteroatoms. The van der Waals surface area contributed by atoms with Crippen LogP contribution in [0.25, 0.3) is 0 Å². The summed E-state index contributed by atoms with van der Waals surface area (Å²) < 4.78 is 3.89. The first kappa shape index (κ1) is 11.1. The van der Waals surface area contributed by atoms with E-state index in [0.717, 1.165) is 5.69 Å². The summed E-state index contributed by atoms with van der Waals surface area (Å²) in [6, 6.07) is 1.93. The fourth-order valence-corrected chi connectivity index (χ4v) is 1.76. The van der Waals surface area contributed by atoms with Gasteiger partial charge in [-0.1, -0.05) is 0 Å². The van der Waals surface area contributed by atoms with Crippen molar-refractivity contribution >= 4 is 15.9 Å². The minimum atomic E-state index is -0.0696. The molecule has 16 heavy (non-hydrogen) atoms. The van der Waals surface area contributed by atoms with E-state index < -0.39 is 0 Å². The molecule has 0 spiro atoms. The highest BCUT2D eigenvalue weighted by atomic mass is 79.9. The molecule has 5 nitrogen and oxygen atoms in total. The van der Waals surface area contributed by atoms with Crippen molar-refractivity contribution in [2.24, 2.45) is 0 Å². The van der Waals surface area contributed by atoms with Crippen LogP contribution in [0, 0.1) is 6.92 Å². The summed E-state index contributed by atoms with van der Waals surface area (Å²) in [4.78, 5) is 15.6. The third kappa shape index (κ3) is 2.21. The van der Waals surface area contributed by atoms with Gasteiger partial charge < -0.3 is 0 Å². The molecule has 84 valence electrons.